The van der Waals surface area contributed by atoms with Crippen molar-refractivity contribution in [2.24, 2.45) is 0 Å². The predicted octanol–water partition coefficient (Wildman–Crippen LogP) is 0.0853. The number of nitrogens with one attached hydrogen (secondary N) is 1. The smallest absolute Gasteiger partial charge is 0.407 e. The van der Waals surface area contributed by atoms with Crippen molar-refractivity contribution in [1.82, 2.24) is 4.72 Å². The molecule has 88 valence electrons. The number of carboxylic acids is 1. The minimum Gasteiger partial charge on any atom is -0.480 e. The molecule has 0 aromatic carbocycles. The van der Waals surface area contributed by atoms with Crippen molar-refractivity contribution in [2.75, 3.05) is 5.75 Å². The molecule has 0 heterocycles. The second kappa shape index (κ2) is 3.34. The van der Waals surface area contributed by atoms with E-state index in [-0.39, 0.29) is 12.8 Å². The van der Waals surface area contributed by atoms with Gasteiger partial charge in [-0.15, -0.1) is 0 Å². The second-order valence-corrected chi connectivity index (χ2v) is 5.06. The Kier molecular flexibility index (Phi) is 2.72. The first-order valence-electron chi connectivity index (χ1n) is 3.88. The number of aliphatic carboxylic acids is 1. The molecule has 15 heavy (non-hydrogen) atoms. The molecule has 1 aliphatic carbocycles. The molecule has 1 fully saturated rings. The summed E-state index contributed by atoms with van der Waals surface area (Å²) in [5, 5.41) is 8.17. The summed E-state index contributed by atoms with van der Waals surface area (Å²) in [6, 6.07) is 0. The highest BCUT2D eigenvalue weighted by molar-refractivity contribution is 7.90. The summed E-state index contributed by atoms with van der Waals surface area (Å²) in [6.45, 7) is 0. The first-order valence-corrected chi connectivity index (χ1v) is 5.53. The van der Waals surface area contributed by atoms with E-state index >= 15 is 0 Å². The molecule has 9 heteroatoms. The van der Waals surface area contributed by atoms with Gasteiger partial charge in [0.2, 0.25) is 10.0 Å². The van der Waals surface area contributed by atoms with Crippen LogP contribution in [0, 0.1) is 0 Å². The summed E-state index contributed by atoms with van der Waals surface area (Å²) in [5.74, 6) is -3.05. The molecule has 0 spiro atoms. The van der Waals surface area contributed by atoms with Crippen molar-refractivity contribution >= 4 is 16.0 Å². The van der Waals surface area contributed by atoms with Crippen molar-refractivity contribution in [1.29, 1.82) is 0 Å². The molecular formula is C6H8F3NO4S. The van der Waals surface area contributed by atoms with Crippen LogP contribution in [0.2, 0.25) is 0 Å². The third kappa shape index (κ3) is 2.81. The van der Waals surface area contributed by atoms with E-state index in [9.17, 15) is 26.4 Å². The summed E-state index contributed by atoms with van der Waals surface area (Å²) >= 11 is 0. The summed E-state index contributed by atoms with van der Waals surface area (Å²) in [4.78, 5) is 10.1. The maximum atomic E-state index is 12.3. The first-order chi connectivity index (χ1) is 6.58. The van der Waals surface area contributed by atoms with Crippen molar-refractivity contribution in [3.63, 3.8) is 0 Å². The zero-order chi connectivity index (χ0) is 11.9. The van der Waals surface area contributed by atoms with Crippen LogP contribution in [0.15, 0.2) is 0 Å². The number of hydrogen-bond donors (Lipinski definition) is 2. The Bertz CT molecular complexity index is 370. The fourth-order valence-corrected chi connectivity index (χ4v) is 2.38. The highest BCUT2D eigenvalue weighted by Gasteiger charge is 2.65. The van der Waals surface area contributed by atoms with Gasteiger partial charge in [0.25, 0.3) is 0 Å². The summed E-state index contributed by atoms with van der Waals surface area (Å²) < 4.78 is 60.2. The largest absolute Gasteiger partial charge is 0.480 e. The number of alkyl halides is 3. The molecule has 0 atom stereocenters. The van der Waals surface area contributed by atoms with E-state index in [4.69, 9.17) is 5.11 Å². The van der Waals surface area contributed by atoms with Crippen molar-refractivity contribution in [3.8, 4) is 0 Å². The first kappa shape index (κ1) is 12.2. The number of sulfonamides is 1. The Labute approximate surface area is 83.3 Å². The van der Waals surface area contributed by atoms with E-state index in [0.29, 0.717) is 0 Å². The lowest BCUT2D eigenvalue weighted by molar-refractivity contribution is -0.160. The highest BCUT2D eigenvalue weighted by atomic mass is 32.2. The molecule has 0 radical (unpaired) electrons. The molecule has 2 N–H and O–H groups in total. The van der Waals surface area contributed by atoms with Crippen molar-refractivity contribution in [2.45, 2.75) is 24.6 Å². The van der Waals surface area contributed by atoms with Gasteiger partial charge in [-0.3, -0.25) is 4.79 Å². The number of rotatable bonds is 4. The average molecular weight is 247 g/mol. The maximum Gasteiger partial charge on any atom is 0.407 e. The van der Waals surface area contributed by atoms with E-state index in [1.165, 1.54) is 4.72 Å². The standard InChI is InChI=1S/C6H8F3NO4S/c7-6(8,9)5(1-2-5)10-15(13,14)3-4(11)12/h10H,1-3H2,(H,11,12). The van der Waals surface area contributed by atoms with Gasteiger partial charge in [-0.1, -0.05) is 0 Å². The Balaban J connectivity index is 2.75. The molecule has 0 amide bonds. The normalized spacial score (nSPS) is 19.9. The van der Waals surface area contributed by atoms with Gasteiger partial charge in [-0.25, -0.2) is 8.42 Å². The third-order valence-corrected chi connectivity index (χ3v) is 3.29. The lowest BCUT2D eigenvalue weighted by Crippen LogP contribution is -2.49. The Morgan fingerprint density at radius 1 is 1.40 bits per heavy atom. The van der Waals surface area contributed by atoms with Gasteiger partial charge in [0, 0.05) is 0 Å². The average Bonchev–Trinajstić information content (AvgIpc) is 2.61. The van der Waals surface area contributed by atoms with E-state index in [1.807, 2.05) is 0 Å². The van der Waals surface area contributed by atoms with Crippen LogP contribution >= 0.6 is 0 Å². The molecule has 0 bridgehead atoms. The van der Waals surface area contributed by atoms with E-state index < -0.39 is 33.5 Å². The van der Waals surface area contributed by atoms with Gasteiger partial charge in [-0.05, 0) is 12.8 Å². The SMILES string of the molecule is O=C(O)CS(=O)(=O)NC1(C(F)(F)F)CC1. The number of hydrogen-bond acceptors (Lipinski definition) is 3. The fourth-order valence-electron chi connectivity index (χ4n) is 1.06. The van der Waals surface area contributed by atoms with Gasteiger partial charge in [0.1, 0.15) is 5.54 Å². The van der Waals surface area contributed by atoms with Gasteiger partial charge in [0.15, 0.2) is 5.75 Å². The molecule has 0 aromatic heterocycles. The van der Waals surface area contributed by atoms with Crippen LogP contribution in [0.1, 0.15) is 12.8 Å². The van der Waals surface area contributed by atoms with Gasteiger partial charge in [0.05, 0.1) is 0 Å². The molecule has 5 nitrogen and oxygen atoms in total. The van der Waals surface area contributed by atoms with E-state index in [1.54, 1.807) is 0 Å². The van der Waals surface area contributed by atoms with Crippen LogP contribution in [0.3, 0.4) is 0 Å². The second-order valence-electron chi connectivity index (χ2n) is 3.33. The third-order valence-electron chi connectivity index (χ3n) is 1.96. The Hall–Kier alpha value is -0.830. The van der Waals surface area contributed by atoms with Crippen molar-refractivity contribution in [3.05, 3.63) is 0 Å². The van der Waals surface area contributed by atoms with Crippen LogP contribution in [-0.4, -0.2) is 37.0 Å². The molecule has 0 unspecified atom stereocenters. The molecule has 1 aliphatic rings. The molecular weight excluding hydrogens is 239 g/mol. The molecule has 1 rings (SSSR count). The zero-order valence-corrected chi connectivity index (χ0v) is 8.15. The molecule has 0 aliphatic heterocycles. The monoisotopic (exact) mass is 247 g/mol. The molecule has 1 saturated carbocycles. The van der Waals surface area contributed by atoms with Gasteiger partial charge >= 0.3 is 12.1 Å². The minimum absolute atomic E-state index is 0.352. The lowest BCUT2D eigenvalue weighted by atomic mass is 10.3. The van der Waals surface area contributed by atoms with Crippen LogP contribution in [-0.2, 0) is 14.8 Å². The number of halogens is 3. The topological polar surface area (TPSA) is 83.5 Å². The van der Waals surface area contributed by atoms with Gasteiger partial charge in [-0.2, -0.15) is 17.9 Å². The van der Waals surface area contributed by atoms with Crippen LogP contribution < -0.4 is 4.72 Å². The Morgan fingerprint density at radius 3 is 2.13 bits per heavy atom. The quantitative estimate of drug-likeness (QED) is 0.737. The molecule has 0 saturated heterocycles. The lowest BCUT2D eigenvalue weighted by Gasteiger charge is -2.19. The Morgan fingerprint density at radius 2 is 1.87 bits per heavy atom. The van der Waals surface area contributed by atoms with Crippen molar-refractivity contribution < 1.29 is 31.5 Å². The maximum absolute atomic E-state index is 12.3. The van der Waals surface area contributed by atoms with Crippen LogP contribution in [0.25, 0.3) is 0 Å². The number of carbonyl (C=O) groups is 1. The highest BCUT2D eigenvalue weighted by Crippen LogP contribution is 2.49. The van der Waals surface area contributed by atoms with Crippen LogP contribution in [0.5, 0.6) is 0 Å². The predicted molar refractivity (Wildman–Crippen MR) is 42.6 cm³/mol. The summed E-state index contributed by atoms with van der Waals surface area (Å²) in [6.07, 6.45) is -5.39. The minimum atomic E-state index is -4.68. The molecule has 0 aromatic rings. The summed E-state index contributed by atoms with van der Waals surface area (Å²) in [5.41, 5.74) is -2.44. The van der Waals surface area contributed by atoms with E-state index in [2.05, 4.69) is 0 Å². The van der Waals surface area contributed by atoms with Crippen LogP contribution in [0.4, 0.5) is 13.2 Å². The number of carboxylic acid groups (broad SMARTS) is 1. The van der Waals surface area contributed by atoms with E-state index in [0.717, 1.165) is 0 Å². The zero-order valence-electron chi connectivity index (χ0n) is 7.34. The van der Waals surface area contributed by atoms with Gasteiger partial charge < -0.3 is 5.11 Å². The summed E-state index contributed by atoms with van der Waals surface area (Å²) in [7, 11) is -4.43. The fraction of sp³-hybridized carbons (Fsp3) is 0.833.